The van der Waals surface area contributed by atoms with Crippen LogP contribution in [0, 0.1) is 0 Å². The maximum atomic E-state index is 5.64. The molecule has 15 heavy (non-hydrogen) atoms. The lowest BCUT2D eigenvalue weighted by Gasteiger charge is -2.22. The molecule has 0 bridgehead atoms. The fourth-order valence-electron chi connectivity index (χ4n) is 1.62. The van der Waals surface area contributed by atoms with Crippen LogP contribution in [0.1, 0.15) is 19.3 Å². The van der Waals surface area contributed by atoms with E-state index < -0.39 is 0 Å². The van der Waals surface area contributed by atoms with Gasteiger partial charge in [0.2, 0.25) is 0 Å². The number of rotatable bonds is 4. The van der Waals surface area contributed by atoms with Gasteiger partial charge in [0.1, 0.15) is 0 Å². The molecule has 0 saturated carbocycles. The van der Waals surface area contributed by atoms with Gasteiger partial charge in [-0.2, -0.15) is 5.10 Å². The van der Waals surface area contributed by atoms with Gasteiger partial charge in [0.25, 0.3) is 0 Å². The zero-order valence-corrected chi connectivity index (χ0v) is 8.76. The molecule has 1 aromatic heterocycles. The van der Waals surface area contributed by atoms with Gasteiger partial charge in [-0.1, -0.05) is 0 Å². The fraction of sp³-hybridized carbons (Fsp3) is 0.700. The van der Waals surface area contributed by atoms with Gasteiger partial charge in [0.15, 0.2) is 12.0 Å². The van der Waals surface area contributed by atoms with Crippen molar-refractivity contribution in [1.82, 2.24) is 9.78 Å². The summed E-state index contributed by atoms with van der Waals surface area (Å²) in [5.41, 5.74) is 5.43. The molecular formula is C10H17N3O2. The average Bonchev–Trinajstić information content (AvgIpc) is 2.68. The normalized spacial score (nSPS) is 21.5. The molecule has 1 aliphatic rings. The first-order chi connectivity index (χ1) is 7.38. The van der Waals surface area contributed by atoms with Crippen LogP contribution >= 0.6 is 0 Å². The average molecular weight is 211 g/mol. The summed E-state index contributed by atoms with van der Waals surface area (Å²) < 4.78 is 12.9. The Morgan fingerprint density at radius 1 is 1.60 bits per heavy atom. The highest BCUT2D eigenvalue weighted by atomic mass is 16.7. The highest BCUT2D eigenvalue weighted by Crippen LogP contribution is 2.18. The van der Waals surface area contributed by atoms with Crippen LogP contribution in [0.5, 0.6) is 5.75 Å². The Morgan fingerprint density at radius 2 is 2.53 bits per heavy atom. The van der Waals surface area contributed by atoms with Crippen LogP contribution in [0.4, 0.5) is 0 Å². The highest BCUT2D eigenvalue weighted by molar-refractivity contribution is 5.11. The molecule has 2 rings (SSSR count). The van der Waals surface area contributed by atoms with E-state index in [9.17, 15) is 0 Å². The summed E-state index contributed by atoms with van der Waals surface area (Å²) in [6, 6.07) is 0. The molecule has 0 aromatic carbocycles. The number of nitrogens with two attached hydrogens (primary N) is 1. The van der Waals surface area contributed by atoms with Gasteiger partial charge in [0.05, 0.1) is 25.5 Å². The van der Waals surface area contributed by atoms with Gasteiger partial charge < -0.3 is 15.2 Å². The number of nitrogens with zero attached hydrogens (tertiary/aromatic N) is 2. The molecule has 0 amide bonds. The molecular weight excluding hydrogens is 194 g/mol. The number of hydrogen-bond donors (Lipinski definition) is 1. The molecule has 5 heteroatoms. The Bertz CT molecular complexity index is 295. The number of ether oxygens (including phenoxy) is 2. The first-order valence-corrected chi connectivity index (χ1v) is 5.39. The van der Waals surface area contributed by atoms with Crippen LogP contribution < -0.4 is 10.5 Å². The lowest BCUT2D eigenvalue weighted by Crippen LogP contribution is -2.24. The zero-order chi connectivity index (χ0) is 10.5. The van der Waals surface area contributed by atoms with Crippen LogP contribution in [0.15, 0.2) is 12.4 Å². The zero-order valence-electron chi connectivity index (χ0n) is 8.76. The van der Waals surface area contributed by atoms with E-state index in [2.05, 4.69) is 5.10 Å². The first kappa shape index (κ1) is 10.4. The molecule has 0 aliphatic carbocycles. The minimum absolute atomic E-state index is 0.103. The van der Waals surface area contributed by atoms with Crippen molar-refractivity contribution in [2.45, 2.75) is 32.1 Å². The SMILES string of the molecule is NCCn1cc(OC2CCCCO2)cn1. The first-order valence-electron chi connectivity index (χ1n) is 5.39. The van der Waals surface area contributed by atoms with E-state index in [1.165, 1.54) is 6.42 Å². The lowest BCUT2D eigenvalue weighted by atomic mass is 10.2. The van der Waals surface area contributed by atoms with E-state index in [4.69, 9.17) is 15.2 Å². The van der Waals surface area contributed by atoms with Crippen LogP contribution in [0.2, 0.25) is 0 Å². The van der Waals surface area contributed by atoms with Crippen molar-refractivity contribution in [3.05, 3.63) is 12.4 Å². The Hall–Kier alpha value is -1.07. The predicted molar refractivity (Wildman–Crippen MR) is 55.5 cm³/mol. The third-order valence-electron chi connectivity index (χ3n) is 2.37. The summed E-state index contributed by atoms with van der Waals surface area (Å²) in [5.74, 6) is 0.760. The third-order valence-corrected chi connectivity index (χ3v) is 2.37. The summed E-state index contributed by atoms with van der Waals surface area (Å²) in [5, 5.41) is 4.13. The molecule has 1 atom stereocenters. The van der Waals surface area contributed by atoms with Gasteiger partial charge in [-0.05, 0) is 12.8 Å². The topological polar surface area (TPSA) is 62.3 Å². The predicted octanol–water partition coefficient (Wildman–Crippen LogP) is 0.747. The van der Waals surface area contributed by atoms with Crippen molar-refractivity contribution >= 4 is 0 Å². The maximum Gasteiger partial charge on any atom is 0.199 e. The summed E-state index contributed by atoms with van der Waals surface area (Å²) in [6.07, 6.45) is 6.71. The van der Waals surface area contributed by atoms with Gasteiger partial charge in [-0.15, -0.1) is 0 Å². The maximum absolute atomic E-state index is 5.64. The standard InChI is InChI=1S/C10H17N3O2/c11-4-5-13-8-9(7-12-13)15-10-3-1-2-6-14-10/h7-8,10H,1-6,11H2. The molecule has 2 heterocycles. The molecule has 84 valence electrons. The minimum Gasteiger partial charge on any atom is -0.462 e. The quantitative estimate of drug-likeness (QED) is 0.798. The summed E-state index contributed by atoms with van der Waals surface area (Å²) in [7, 11) is 0. The number of aromatic nitrogens is 2. The number of hydrogen-bond acceptors (Lipinski definition) is 4. The van der Waals surface area contributed by atoms with Crippen molar-refractivity contribution < 1.29 is 9.47 Å². The van der Waals surface area contributed by atoms with Crippen LogP contribution in [-0.4, -0.2) is 29.2 Å². The molecule has 5 nitrogen and oxygen atoms in total. The van der Waals surface area contributed by atoms with E-state index >= 15 is 0 Å². The monoisotopic (exact) mass is 211 g/mol. The van der Waals surface area contributed by atoms with Crippen LogP contribution in [-0.2, 0) is 11.3 Å². The van der Waals surface area contributed by atoms with E-state index in [0.717, 1.165) is 31.7 Å². The Labute approximate surface area is 89.2 Å². The molecule has 1 saturated heterocycles. The van der Waals surface area contributed by atoms with Crippen molar-refractivity contribution in [3.63, 3.8) is 0 Å². The Kier molecular flexibility index (Phi) is 3.58. The Balaban J connectivity index is 1.86. The third kappa shape index (κ3) is 2.94. The van der Waals surface area contributed by atoms with Crippen molar-refractivity contribution in [1.29, 1.82) is 0 Å². The molecule has 1 aromatic rings. The van der Waals surface area contributed by atoms with Crippen molar-refractivity contribution in [3.8, 4) is 5.75 Å². The van der Waals surface area contributed by atoms with Crippen molar-refractivity contribution in [2.24, 2.45) is 5.73 Å². The van der Waals surface area contributed by atoms with Crippen LogP contribution in [0.25, 0.3) is 0 Å². The van der Waals surface area contributed by atoms with Crippen molar-refractivity contribution in [2.75, 3.05) is 13.2 Å². The molecule has 1 fully saturated rings. The van der Waals surface area contributed by atoms with E-state index in [1.807, 2.05) is 6.20 Å². The molecule has 0 spiro atoms. The molecule has 2 N–H and O–H groups in total. The minimum atomic E-state index is -0.103. The van der Waals surface area contributed by atoms with E-state index in [0.29, 0.717) is 6.54 Å². The Morgan fingerprint density at radius 3 is 3.27 bits per heavy atom. The second kappa shape index (κ2) is 5.14. The van der Waals surface area contributed by atoms with Gasteiger partial charge in [0, 0.05) is 13.0 Å². The lowest BCUT2D eigenvalue weighted by molar-refractivity contribution is -0.105. The molecule has 1 aliphatic heterocycles. The van der Waals surface area contributed by atoms with E-state index in [-0.39, 0.29) is 6.29 Å². The van der Waals surface area contributed by atoms with Gasteiger partial charge in [-0.25, -0.2) is 0 Å². The van der Waals surface area contributed by atoms with Gasteiger partial charge >= 0.3 is 0 Å². The van der Waals surface area contributed by atoms with Crippen LogP contribution in [0.3, 0.4) is 0 Å². The molecule has 0 radical (unpaired) electrons. The molecule has 1 unspecified atom stereocenters. The smallest absolute Gasteiger partial charge is 0.199 e. The second-order valence-electron chi connectivity index (χ2n) is 3.64. The summed E-state index contributed by atoms with van der Waals surface area (Å²) in [6.45, 7) is 2.09. The second-order valence-corrected chi connectivity index (χ2v) is 3.64. The highest BCUT2D eigenvalue weighted by Gasteiger charge is 2.15. The summed E-state index contributed by atoms with van der Waals surface area (Å²) in [4.78, 5) is 0. The van der Waals surface area contributed by atoms with Gasteiger partial charge in [-0.3, -0.25) is 4.68 Å². The summed E-state index contributed by atoms with van der Waals surface area (Å²) >= 11 is 0. The fourth-order valence-corrected chi connectivity index (χ4v) is 1.62. The largest absolute Gasteiger partial charge is 0.462 e. The van der Waals surface area contributed by atoms with E-state index in [1.54, 1.807) is 10.9 Å².